The predicted molar refractivity (Wildman–Crippen MR) is 73.2 cm³/mol. The average Bonchev–Trinajstić information content (AvgIpc) is 3.22. The number of guanidine groups is 1. The van der Waals surface area contributed by atoms with Gasteiger partial charge in [-0.2, -0.15) is 0 Å². The molecule has 0 saturated heterocycles. The molecular formula is C13H26N4O. The molecule has 2 saturated carbocycles. The van der Waals surface area contributed by atoms with Crippen molar-refractivity contribution < 1.29 is 4.74 Å². The maximum absolute atomic E-state index is 5.54. The maximum atomic E-state index is 5.54. The van der Waals surface area contributed by atoms with Crippen molar-refractivity contribution in [2.45, 2.75) is 51.0 Å². The van der Waals surface area contributed by atoms with Crippen LogP contribution in [-0.4, -0.2) is 31.8 Å². The second-order valence-corrected chi connectivity index (χ2v) is 5.37. The molecule has 2 aliphatic carbocycles. The maximum Gasteiger partial charge on any atom is 0.206 e. The van der Waals surface area contributed by atoms with E-state index in [0.29, 0.717) is 25.2 Å². The molecule has 0 bridgehead atoms. The molecule has 18 heavy (non-hydrogen) atoms. The van der Waals surface area contributed by atoms with Gasteiger partial charge in [0.1, 0.15) is 0 Å². The summed E-state index contributed by atoms with van der Waals surface area (Å²) >= 11 is 0. The van der Waals surface area contributed by atoms with Crippen molar-refractivity contribution in [3.8, 4) is 0 Å². The van der Waals surface area contributed by atoms with Gasteiger partial charge < -0.3 is 10.1 Å². The van der Waals surface area contributed by atoms with Crippen molar-refractivity contribution in [1.29, 1.82) is 0 Å². The molecule has 0 unspecified atom stereocenters. The normalized spacial score (nSPS) is 21.9. The van der Waals surface area contributed by atoms with Crippen LogP contribution in [0.2, 0.25) is 0 Å². The van der Waals surface area contributed by atoms with Gasteiger partial charge in [-0.1, -0.05) is 19.3 Å². The third-order valence-corrected chi connectivity index (χ3v) is 3.64. The average molecular weight is 254 g/mol. The van der Waals surface area contributed by atoms with Crippen molar-refractivity contribution >= 4 is 5.96 Å². The Labute approximate surface area is 110 Å². The van der Waals surface area contributed by atoms with Gasteiger partial charge >= 0.3 is 0 Å². The number of ether oxygens (including phenoxy) is 1. The van der Waals surface area contributed by atoms with E-state index in [0.717, 1.165) is 12.5 Å². The molecule has 0 aromatic heterocycles. The summed E-state index contributed by atoms with van der Waals surface area (Å²) in [4.78, 5) is 4.40. The summed E-state index contributed by atoms with van der Waals surface area (Å²) < 4.78 is 5.54. The van der Waals surface area contributed by atoms with E-state index in [2.05, 4.69) is 15.7 Å². The highest BCUT2D eigenvalue weighted by Crippen LogP contribution is 2.28. The van der Waals surface area contributed by atoms with Gasteiger partial charge in [0.25, 0.3) is 0 Å². The van der Waals surface area contributed by atoms with E-state index < -0.39 is 0 Å². The molecule has 0 amide bonds. The minimum atomic E-state index is 0.529. The van der Waals surface area contributed by atoms with E-state index in [-0.39, 0.29) is 0 Å². The molecule has 0 aromatic carbocycles. The Kier molecular flexibility index (Phi) is 5.74. The van der Waals surface area contributed by atoms with E-state index in [1.54, 1.807) is 0 Å². The molecule has 5 heteroatoms. The first-order chi connectivity index (χ1) is 8.88. The number of hydrogen-bond acceptors (Lipinski definition) is 3. The first-order valence-electron chi connectivity index (χ1n) is 7.24. The predicted octanol–water partition coefficient (Wildman–Crippen LogP) is 1.15. The van der Waals surface area contributed by atoms with Crippen LogP contribution in [0.3, 0.4) is 0 Å². The standard InChI is InChI=1S/C13H26N4O/c14-17-13(16-12-4-2-1-3-5-12)15-8-9-18-10-11-6-7-11/h11-12H,1-10,14H2,(H2,15,16,17). The van der Waals surface area contributed by atoms with Gasteiger partial charge in [0.2, 0.25) is 5.96 Å². The van der Waals surface area contributed by atoms with E-state index in [1.165, 1.54) is 44.9 Å². The molecule has 2 rings (SSSR count). The summed E-state index contributed by atoms with van der Waals surface area (Å²) in [5, 5.41) is 3.38. The second-order valence-electron chi connectivity index (χ2n) is 5.37. The third-order valence-electron chi connectivity index (χ3n) is 3.64. The Morgan fingerprint density at radius 2 is 1.94 bits per heavy atom. The number of hydrazine groups is 1. The molecule has 0 aromatic rings. The SMILES string of the molecule is NNC(=NCCOCC1CC1)NC1CCCCC1. The molecule has 104 valence electrons. The fraction of sp³-hybridized carbons (Fsp3) is 0.923. The number of nitrogens with one attached hydrogen (secondary N) is 2. The van der Waals surface area contributed by atoms with Crippen molar-refractivity contribution in [3.63, 3.8) is 0 Å². The molecule has 2 fully saturated rings. The summed E-state index contributed by atoms with van der Waals surface area (Å²) in [6.45, 7) is 2.26. The monoisotopic (exact) mass is 254 g/mol. The van der Waals surface area contributed by atoms with Crippen molar-refractivity contribution in [2.75, 3.05) is 19.8 Å². The van der Waals surface area contributed by atoms with Crippen molar-refractivity contribution in [2.24, 2.45) is 16.8 Å². The zero-order chi connectivity index (χ0) is 12.6. The largest absolute Gasteiger partial charge is 0.379 e. The molecule has 0 spiro atoms. The summed E-state index contributed by atoms with van der Waals surface area (Å²) in [5.74, 6) is 7.01. The highest BCUT2D eigenvalue weighted by molar-refractivity contribution is 5.79. The number of rotatable bonds is 6. The van der Waals surface area contributed by atoms with Gasteiger partial charge in [0.05, 0.1) is 13.2 Å². The molecule has 5 nitrogen and oxygen atoms in total. The first-order valence-corrected chi connectivity index (χ1v) is 7.24. The van der Waals surface area contributed by atoms with E-state index in [4.69, 9.17) is 10.6 Å². The molecule has 0 heterocycles. The zero-order valence-corrected chi connectivity index (χ0v) is 11.2. The minimum Gasteiger partial charge on any atom is -0.379 e. The lowest BCUT2D eigenvalue weighted by atomic mass is 9.96. The molecule has 0 atom stereocenters. The van der Waals surface area contributed by atoms with Gasteiger partial charge in [0.15, 0.2) is 0 Å². The second kappa shape index (κ2) is 7.59. The molecule has 4 N–H and O–H groups in total. The summed E-state index contributed by atoms with van der Waals surface area (Å²) in [7, 11) is 0. The summed E-state index contributed by atoms with van der Waals surface area (Å²) in [6, 6.07) is 0.529. The number of nitrogens with zero attached hydrogens (tertiary/aromatic N) is 1. The van der Waals surface area contributed by atoms with Gasteiger partial charge in [-0.05, 0) is 31.6 Å². The van der Waals surface area contributed by atoms with Crippen molar-refractivity contribution in [3.05, 3.63) is 0 Å². The summed E-state index contributed by atoms with van der Waals surface area (Å²) in [6.07, 6.45) is 9.08. The highest BCUT2D eigenvalue weighted by Gasteiger charge is 2.20. The van der Waals surface area contributed by atoms with Gasteiger partial charge in [-0.25, -0.2) is 10.8 Å². The first kappa shape index (κ1) is 13.6. The quantitative estimate of drug-likeness (QED) is 0.219. The lowest BCUT2D eigenvalue weighted by Gasteiger charge is -2.24. The van der Waals surface area contributed by atoms with Crippen LogP contribution < -0.4 is 16.6 Å². The van der Waals surface area contributed by atoms with E-state index in [1.807, 2.05) is 0 Å². The topological polar surface area (TPSA) is 71.7 Å². The minimum absolute atomic E-state index is 0.529. The molecule has 2 aliphatic rings. The van der Waals surface area contributed by atoms with Crippen LogP contribution in [0.15, 0.2) is 4.99 Å². The van der Waals surface area contributed by atoms with Crippen LogP contribution in [0.25, 0.3) is 0 Å². The fourth-order valence-corrected chi connectivity index (χ4v) is 2.33. The Morgan fingerprint density at radius 1 is 1.17 bits per heavy atom. The smallest absolute Gasteiger partial charge is 0.206 e. The lowest BCUT2D eigenvalue weighted by molar-refractivity contribution is 0.131. The van der Waals surface area contributed by atoms with E-state index >= 15 is 0 Å². The Balaban J connectivity index is 1.59. The van der Waals surface area contributed by atoms with Crippen LogP contribution in [0, 0.1) is 5.92 Å². The van der Waals surface area contributed by atoms with Crippen molar-refractivity contribution in [1.82, 2.24) is 10.7 Å². The van der Waals surface area contributed by atoms with E-state index in [9.17, 15) is 0 Å². The molecular weight excluding hydrogens is 228 g/mol. The summed E-state index contributed by atoms with van der Waals surface area (Å²) in [5.41, 5.74) is 2.64. The Morgan fingerprint density at radius 3 is 2.61 bits per heavy atom. The lowest BCUT2D eigenvalue weighted by Crippen LogP contribution is -2.47. The molecule has 0 radical (unpaired) electrons. The van der Waals surface area contributed by atoms with Crippen LogP contribution in [-0.2, 0) is 4.74 Å². The third kappa shape index (κ3) is 5.23. The number of nitrogens with two attached hydrogens (primary N) is 1. The zero-order valence-electron chi connectivity index (χ0n) is 11.2. The van der Waals surface area contributed by atoms with Gasteiger partial charge in [-0.3, -0.25) is 5.43 Å². The van der Waals surface area contributed by atoms with Crippen LogP contribution in [0.5, 0.6) is 0 Å². The Hall–Kier alpha value is -0.810. The van der Waals surface area contributed by atoms with Crippen LogP contribution in [0.1, 0.15) is 44.9 Å². The van der Waals surface area contributed by atoms with Gasteiger partial charge in [0, 0.05) is 12.6 Å². The van der Waals surface area contributed by atoms with Crippen LogP contribution >= 0.6 is 0 Å². The fourth-order valence-electron chi connectivity index (χ4n) is 2.33. The van der Waals surface area contributed by atoms with Crippen LogP contribution in [0.4, 0.5) is 0 Å². The number of hydrogen-bond donors (Lipinski definition) is 3. The highest BCUT2D eigenvalue weighted by atomic mass is 16.5. The molecule has 0 aliphatic heterocycles. The van der Waals surface area contributed by atoms with Gasteiger partial charge in [-0.15, -0.1) is 0 Å². The Bertz CT molecular complexity index is 260. The number of aliphatic imine (C=N–C) groups is 1.